The molecule has 6 heteroatoms. The van der Waals surface area contributed by atoms with E-state index in [-0.39, 0.29) is 0 Å². The van der Waals surface area contributed by atoms with Crippen molar-refractivity contribution in [3.8, 4) is 28.7 Å². The molecule has 0 aromatic heterocycles. The van der Waals surface area contributed by atoms with Crippen LogP contribution in [0.15, 0.2) is 42.5 Å². The largest absolute Gasteiger partial charge is 0.496 e. The minimum Gasteiger partial charge on any atom is -0.496 e. The molecule has 0 unspecified atom stereocenters. The summed E-state index contributed by atoms with van der Waals surface area (Å²) in [7, 11) is 7.95. The van der Waals surface area contributed by atoms with E-state index in [1.807, 2.05) is 49.4 Å². The van der Waals surface area contributed by atoms with Crippen LogP contribution in [0.25, 0.3) is 0 Å². The van der Waals surface area contributed by atoms with Gasteiger partial charge in [-0.1, -0.05) is 42.5 Å². The van der Waals surface area contributed by atoms with Crippen molar-refractivity contribution >= 4 is 6.29 Å². The van der Waals surface area contributed by atoms with Gasteiger partial charge in [-0.15, -0.1) is 0 Å². The van der Waals surface area contributed by atoms with Crippen molar-refractivity contribution in [2.24, 2.45) is 0 Å². The number of benzene rings is 3. The number of aldehydes is 1. The minimum absolute atomic E-state index is 0.463. The summed E-state index contributed by atoms with van der Waals surface area (Å²) in [6.45, 7) is 1.95. The number of hydrogen-bond donors (Lipinski definition) is 0. The fraction of sp³-hybridized carbons (Fsp3) is 0.296. The lowest BCUT2D eigenvalue weighted by Gasteiger charge is -2.23. The maximum Gasteiger partial charge on any atom is 0.207 e. The molecular formula is C27H30O6. The van der Waals surface area contributed by atoms with E-state index in [1.54, 1.807) is 35.5 Å². The first-order valence-electron chi connectivity index (χ1n) is 10.6. The second-order valence-electron chi connectivity index (χ2n) is 7.52. The summed E-state index contributed by atoms with van der Waals surface area (Å²) in [5, 5.41) is 0. The zero-order valence-corrected chi connectivity index (χ0v) is 20.0. The molecule has 0 saturated carbocycles. The van der Waals surface area contributed by atoms with E-state index >= 15 is 0 Å². The van der Waals surface area contributed by atoms with Gasteiger partial charge in [0.05, 0.1) is 35.5 Å². The van der Waals surface area contributed by atoms with E-state index in [9.17, 15) is 4.79 Å². The Hall–Kier alpha value is -3.67. The minimum atomic E-state index is 0.463. The summed E-state index contributed by atoms with van der Waals surface area (Å²) in [5.41, 5.74) is 5.23. The molecule has 174 valence electrons. The predicted molar refractivity (Wildman–Crippen MR) is 128 cm³/mol. The molecule has 0 aliphatic rings. The maximum atomic E-state index is 11.8. The zero-order chi connectivity index (χ0) is 24.0. The molecule has 0 bridgehead atoms. The Morgan fingerprint density at radius 3 is 1.76 bits per heavy atom. The normalized spacial score (nSPS) is 10.5. The topological polar surface area (TPSA) is 63.2 Å². The second kappa shape index (κ2) is 10.8. The van der Waals surface area contributed by atoms with Crippen LogP contribution in [-0.4, -0.2) is 41.8 Å². The van der Waals surface area contributed by atoms with Crippen LogP contribution in [0.3, 0.4) is 0 Å². The highest BCUT2D eigenvalue weighted by atomic mass is 16.5. The predicted octanol–water partition coefficient (Wildman–Crippen LogP) is 5.03. The van der Waals surface area contributed by atoms with E-state index in [0.29, 0.717) is 47.2 Å². The fourth-order valence-corrected chi connectivity index (χ4v) is 4.23. The fourth-order valence-electron chi connectivity index (χ4n) is 4.23. The van der Waals surface area contributed by atoms with E-state index in [1.165, 1.54) is 0 Å². The third-order valence-electron chi connectivity index (χ3n) is 5.80. The van der Waals surface area contributed by atoms with Gasteiger partial charge in [0, 0.05) is 35.1 Å². The van der Waals surface area contributed by atoms with E-state index < -0.39 is 0 Å². The van der Waals surface area contributed by atoms with Gasteiger partial charge in [-0.3, -0.25) is 4.79 Å². The van der Waals surface area contributed by atoms with Gasteiger partial charge in [-0.25, -0.2) is 0 Å². The highest BCUT2D eigenvalue weighted by Crippen LogP contribution is 2.50. The average molecular weight is 451 g/mol. The van der Waals surface area contributed by atoms with Gasteiger partial charge in [0.25, 0.3) is 0 Å². The van der Waals surface area contributed by atoms with Gasteiger partial charge >= 0.3 is 0 Å². The zero-order valence-electron chi connectivity index (χ0n) is 20.0. The van der Waals surface area contributed by atoms with Crippen LogP contribution in [0.2, 0.25) is 0 Å². The van der Waals surface area contributed by atoms with E-state index in [4.69, 9.17) is 23.7 Å². The Balaban J connectivity index is 2.19. The maximum absolute atomic E-state index is 11.8. The number of carbonyl (C=O) groups is 1. The molecule has 0 N–H and O–H groups in total. The molecule has 0 atom stereocenters. The Morgan fingerprint density at radius 2 is 1.21 bits per heavy atom. The Bertz CT molecular complexity index is 1120. The van der Waals surface area contributed by atoms with Crippen LogP contribution >= 0.6 is 0 Å². The molecule has 0 aliphatic carbocycles. The van der Waals surface area contributed by atoms with Crippen molar-refractivity contribution in [2.75, 3.05) is 35.5 Å². The van der Waals surface area contributed by atoms with Crippen LogP contribution in [0.5, 0.6) is 28.7 Å². The van der Waals surface area contributed by atoms with E-state index in [2.05, 4.69) is 0 Å². The molecule has 0 radical (unpaired) electrons. The van der Waals surface area contributed by atoms with Crippen LogP contribution in [-0.2, 0) is 12.8 Å². The first-order valence-corrected chi connectivity index (χ1v) is 10.6. The molecule has 0 aliphatic heterocycles. The van der Waals surface area contributed by atoms with Gasteiger partial charge < -0.3 is 23.7 Å². The SMILES string of the molecule is COc1c(Cc2c(C)c(OC)c(OC)c(OC)c2OC)ccc(C=O)c1Cc1ccccc1. The summed E-state index contributed by atoms with van der Waals surface area (Å²) in [6.07, 6.45) is 1.93. The van der Waals surface area contributed by atoms with Gasteiger partial charge in [0.15, 0.2) is 11.5 Å². The van der Waals surface area contributed by atoms with Crippen LogP contribution in [0, 0.1) is 6.92 Å². The molecular weight excluding hydrogens is 420 g/mol. The number of rotatable bonds is 10. The quantitative estimate of drug-likeness (QED) is 0.404. The summed E-state index contributed by atoms with van der Waals surface area (Å²) < 4.78 is 28.4. The van der Waals surface area contributed by atoms with Crippen LogP contribution in [0.1, 0.15) is 38.2 Å². The van der Waals surface area contributed by atoms with Crippen molar-refractivity contribution in [1.29, 1.82) is 0 Å². The smallest absolute Gasteiger partial charge is 0.207 e. The summed E-state index contributed by atoms with van der Waals surface area (Å²) in [6, 6.07) is 13.8. The third kappa shape index (κ3) is 4.60. The van der Waals surface area contributed by atoms with Crippen molar-refractivity contribution < 1.29 is 28.5 Å². The number of methoxy groups -OCH3 is 5. The van der Waals surface area contributed by atoms with Gasteiger partial charge in [0.1, 0.15) is 12.0 Å². The number of ether oxygens (including phenoxy) is 5. The summed E-state index contributed by atoms with van der Waals surface area (Å²) >= 11 is 0. The molecule has 6 nitrogen and oxygen atoms in total. The van der Waals surface area contributed by atoms with Crippen LogP contribution in [0.4, 0.5) is 0 Å². The van der Waals surface area contributed by atoms with Gasteiger partial charge in [-0.05, 0) is 18.1 Å². The lowest BCUT2D eigenvalue weighted by atomic mass is 9.92. The van der Waals surface area contributed by atoms with Gasteiger partial charge in [0.2, 0.25) is 11.5 Å². The Kier molecular flexibility index (Phi) is 7.83. The molecule has 3 aromatic carbocycles. The van der Waals surface area contributed by atoms with Crippen LogP contribution < -0.4 is 23.7 Å². The van der Waals surface area contributed by atoms with Crippen molar-refractivity contribution in [2.45, 2.75) is 19.8 Å². The summed E-state index contributed by atoms with van der Waals surface area (Å²) in [5.74, 6) is 2.77. The highest BCUT2D eigenvalue weighted by molar-refractivity contribution is 5.80. The van der Waals surface area contributed by atoms with Crippen molar-refractivity contribution in [1.82, 2.24) is 0 Å². The molecule has 0 heterocycles. The van der Waals surface area contributed by atoms with Gasteiger partial charge in [-0.2, -0.15) is 0 Å². The number of hydrogen-bond acceptors (Lipinski definition) is 6. The van der Waals surface area contributed by atoms with Crippen molar-refractivity contribution in [3.63, 3.8) is 0 Å². The standard InChI is InChI=1S/C27H30O6/c1-17-21(25(31-4)27(33-6)26(32-5)23(17)29-2)15-19-12-13-20(16-28)22(24(19)30-3)14-18-10-8-7-9-11-18/h7-13,16H,14-15H2,1-6H3. The third-order valence-corrected chi connectivity index (χ3v) is 5.80. The Morgan fingerprint density at radius 1 is 0.636 bits per heavy atom. The summed E-state index contributed by atoms with van der Waals surface area (Å²) in [4.78, 5) is 11.8. The Labute approximate surface area is 195 Å². The second-order valence-corrected chi connectivity index (χ2v) is 7.52. The average Bonchev–Trinajstić information content (AvgIpc) is 2.85. The first-order chi connectivity index (χ1) is 16.0. The molecule has 3 rings (SSSR count). The first kappa shape index (κ1) is 24.0. The molecule has 0 saturated heterocycles. The molecule has 0 amide bonds. The molecule has 3 aromatic rings. The molecule has 0 fully saturated rings. The monoisotopic (exact) mass is 450 g/mol. The number of carbonyl (C=O) groups excluding carboxylic acids is 1. The van der Waals surface area contributed by atoms with Crippen molar-refractivity contribution in [3.05, 3.63) is 75.8 Å². The van der Waals surface area contributed by atoms with E-state index in [0.717, 1.165) is 34.1 Å². The molecule has 0 spiro atoms. The molecule has 33 heavy (non-hydrogen) atoms. The highest BCUT2D eigenvalue weighted by Gasteiger charge is 2.26. The lowest BCUT2D eigenvalue weighted by Crippen LogP contribution is -2.07. The lowest BCUT2D eigenvalue weighted by molar-refractivity contribution is 0.112.